The molecule has 0 radical (unpaired) electrons. The van der Waals surface area contributed by atoms with Gasteiger partial charge in [-0.1, -0.05) is 37.1 Å². The molecule has 0 saturated heterocycles. The number of benzene rings is 2. The zero-order valence-corrected chi connectivity index (χ0v) is 11.6. The summed E-state index contributed by atoms with van der Waals surface area (Å²) >= 11 is 0. The van der Waals surface area contributed by atoms with E-state index in [0.717, 1.165) is 36.6 Å². The van der Waals surface area contributed by atoms with E-state index in [2.05, 4.69) is 43.4 Å². The van der Waals surface area contributed by atoms with Crippen LogP contribution in [0.25, 0.3) is 0 Å². The van der Waals surface area contributed by atoms with Crippen molar-refractivity contribution in [2.75, 3.05) is 11.9 Å². The first kappa shape index (κ1) is 13.5. The lowest BCUT2D eigenvalue weighted by molar-refractivity contribution is 0.309. The molecule has 2 aromatic rings. The number of anilines is 2. The van der Waals surface area contributed by atoms with E-state index < -0.39 is 0 Å². The fourth-order valence-electron chi connectivity index (χ4n) is 1.80. The third-order valence-electron chi connectivity index (χ3n) is 2.94. The van der Waals surface area contributed by atoms with Crippen molar-refractivity contribution in [3.63, 3.8) is 0 Å². The van der Waals surface area contributed by atoms with Gasteiger partial charge in [-0.2, -0.15) is 0 Å². The molecule has 2 nitrogen and oxygen atoms in total. The van der Waals surface area contributed by atoms with Crippen LogP contribution in [0.15, 0.2) is 48.5 Å². The standard InChI is InChI=1S/C17H21NO/c1-3-4-12-19-17-7-5-6-16(13-17)18-15-10-8-14(2)9-11-15/h5-11,13,18H,3-4,12H2,1-2H3. The fourth-order valence-corrected chi connectivity index (χ4v) is 1.80. The summed E-state index contributed by atoms with van der Waals surface area (Å²) in [4.78, 5) is 0. The van der Waals surface area contributed by atoms with Gasteiger partial charge in [0.25, 0.3) is 0 Å². The van der Waals surface area contributed by atoms with E-state index in [0.29, 0.717) is 0 Å². The highest BCUT2D eigenvalue weighted by Crippen LogP contribution is 2.21. The maximum absolute atomic E-state index is 5.70. The summed E-state index contributed by atoms with van der Waals surface area (Å²) in [5.41, 5.74) is 3.41. The molecule has 0 fully saturated rings. The Morgan fingerprint density at radius 3 is 2.53 bits per heavy atom. The molecule has 0 spiro atoms. The second-order valence-corrected chi connectivity index (χ2v) is 4.72. The van der Waals surface area contributed by atoms with Gasteiger partial charge in [0.1, 0.15) is 5.75 Å². The van der Waals surface area contributed by atoms with Crippen LogP contribution in [-0.2, 0) is 0 Å². The minimum atomic E-state index is 0.782. The molecule has 2 heteroatoms. The lowest BCUT2D eigenvalue weighted by atomic mass is 10.2. The van der Waals surface area contributed by atoms with E-state index >= 15 is 0 Å². The Balaban J connectivity index is 2.00. The Morgan fingerprint density at radius 1 is 1.00 bits per heavy atom. The van der Waals surface area contributed by atoms with Crippen LogP contribution in [0.4, 0.5) is 11.4 Å². The van der Waals surface area contributed by atoms with E-state index in [1.165, 1.54) is 5.56 Å². The summed E-state index contributed by atoms with van der Waals surface area (Å²) in [7, 11) is 0. The molecule has 19 heavy (non-hydrogen) atoms. The highest BCUT2D eigenvalue weighted by atomic mass is 16.5. The van der Waals surface area contributed by atoms with Crippen molar-refractivity contribution in [3.8, 4) is 5.75 Å². The van der Waals surface area contributed by atoms with E-state index in [1.54, 1.807) is 0 Å². The van der Waals surface area contributed by atoms with Crippen molar-refractivity contribution in [1.82, 2.24) is 0 Å². The van der Waals surface area contributed by atoms with E-state index in [9.17, 15) is 0 Å². The minimum Gasteiger partial charge on any atom is -0.494 e. The number of ether oxygens (including phenoxy) is 1. The first-order valence-electron chi connectivity index (χ1n) is 6.84. The van der Waals surface area contributed by atoms with Crippen molar-refractivity contribution in [2.24, 2.45) is 0 Å². The molecule has 0 atom stereocenters. The predicted octanol–water partition coefficient (Wildman–Crippen LogP) is 4.92. The van der Waals surface area contributed by atoms with Gasteiger partial charge in [0.2, 0.25) is 0 Å². The molecule has 0 aromatic heterocycles. The van der Waals surface area contributed by atoms with E-state index in [4.69, 9.17) is 4.74 Å². The smallest absolute Gasteiger partial charge is 0.121 e. The molecule has 0 aliphatic rings. The van der Waals surface area contributed by atoms with Gasteiger partial charge in [0, 0.05) is 17.4 Å². The minimum absolute atomic E-state index is 0.782. The number of rotatable bonds is 6. The molecule has 0 bridgehead atoms. The van der Waals surface area contributed by atoms with E-state index in [1.807, 2.05) is 24.3 Å². The van der Waals surface area contributed by atoms with Gasteiger partial charge < -0.3 is 10.1 Å². The zero-order valence-electron chi connectivity index (χ0n) is 11.6. The van der Waals surface area contributed by atoms with Crippen LogP contribution < -0.4 is 10.1 Å². The number of unbranched alkanes of at least 4 members (excludes halogenated alkanes) is 1. The number of hydrogen-bond acceptors (Lipinski definition) is 2. The Morgan fingerprint density at radius 2 is 1.79 bits per heavy atom. The molecule has 0 heterocycles. The molecule has 100 valence electrons. The normalized spacial score (nSPS) is 10.2. The van der Waals surface area contributed by atoms with Crippen molar-refractivity contribution >= 4 is 11.4 Å². The quantitative estimate of drug-likeness (QED) is 0.740. The topological polar surface area (TPSA) is 21.3 Å². The summed E-state index contributed by atoms with van der Waals surface area (Å²) in [6.07, 6.45) is 2.25. The molecule has 0 amide bonds. The highest BCUT2D eigenvalue weighted by Gasteiger charge is 1.98. The lowest BCUT2D eigenvalue weighted by Gasteiger charge is -2.10. The van der Waals surface area contributed by atoms with E-state index in [-0.39, 0.29) is 0 Å². The van der Waals surface area contributed by atoms with Crippen molar-refractivity contribution in [3.05, 3.63) is 54.1 Å². The summed E-state index contributed by atoms with van der Waals surface area (Å²) in [5.74, 6) is 0.922. The summed E-state index contributed by atoms with van der Waals surface area (Å²) in [6, 6.07) is 16.5. The Bertz CT molecular complexity index is 505. The maximum Gasteiger partial charge on any atom is 0.121 e. The van der Waals surface area contributed by atoms with Gasteiger partial charge in [-0.05, 0) is 37.6 Å². The van der Waals surface area contributed by atoms with Gasteiger partial charge in [-0.3, -0.25) is 0 Å². The Kier molecular flexibility index (Phi) is 4.85. The second-order valence-electron chi connectivity index (χ2n) is 4.72. The Labute approximate surface area is 115 Å². The van der Waals surface area contributed by atoms with Crippen molar-refractivity contribution in [1.29, 1.82) is 0 Å². The van der Waals surface area contributed by atoms with Crippen LogP contribution >= 0.6 is 0 Å². The summed E-state index contributed by atoms with van der Waals surface area (Å²) in [6.45, 7) is 5.04. The number of nitrogens with one attached hydrogen (secondary N) is 1. The molecule has 1 N–H and O–H groups in total. The fraction of sp³-hybridized carbons (Fsp3) is 0.294. The first-order valence-corrected chi connectivity index (χ1v) is 6.84. The monoisotopic (exact) mass is 255 g/mol. The van der Waals surface area contributed by atoms with Crippen LogP contribution in [0.2, 0.25) is 0 Å². The van der Waals surface area contributed by atoms with Gasteiger partial charge in [0.15, 0.2) is 0 Å². The SMILES string of the molecule is CCCCOc1cccc(Nc2ccc(C)cc2)c1. The average molecular weight is 255 g/mol. The van der Waals surface area contributed by atoms with Gasteiger partial charge in [-0.15, -0.1) is 0 Å². The molecule has 0 saturated carbocycles. The molecule has 2 aromatic carbocycles. The van der Waals surface area contributed by atoms with Crippen LogP contribution in [0, 0.1) is 6.92 Å². The van der Waals surface area contributed by atoms with Crippen molar-refractivity contribution in [2.45, 2.75) is 26.7 Å². The van der Waals surface area contributed by atoms with Crippen LogP contribution in [0.5, 0.6) is 5.75 Å². The van der Waals surface area contributed by atoms with Crippen LogP contribution in [0.1, 0.15) is 25.3 Å². The Hall–Kier alpha value is -1.96. The third-order valence-corrected chi connectivity index (χ3v) is 2.94. The summed E-state index contributed by atoms with van der Waals surface area (Å²) in [5, 5.41) is 3.38. The van der Waals surface area contributed by atoms with Gasteiger partial charge >= 0.3 is 0 Å². The molecular formula is C17H21NO. The van der Waals surface area contributed by atoms with Crippen LogP contribution in [-0.4, -0.2) is 6.61 Å². The molecule has 0 aliphatic heterocycles. The largest absolute Gasteiger partial charge is 0.494 e. The average Bonchev–Trinajstić information content (AvgIpc) is 2.42. The first-order chi connectivity index (χ1) is 9.28. The van der Waals surface area contributed by atoms with Gasteiger partial charge in [0.05, 0.1) is 6.61 Å². The van der Waals surface area contributed by atoms with Crippen LogP contribution in [0.3, 0.4) is 0 Å². The molecule has 0 aliphatic carbocycles. The zero-order chi connectivity index (χ0) is 13.5. The highest BCUT2D eigenvalue weighted by molar-refractivity contribution is 5.61. The maximum atomic E-state index is 5.70. The van der Waals surface area contributed by atoms with Crippen molar-refractivity contribution < 1.29 is 4.74 Å². The van der Waals surface area contributed by atoms with Gasteiger partial charge in [-0.25, -0.2) is 0 Å². The second kappa shape index (κ2) is 6.83. The summed E-state index contributed by atoms with van der Waals surface area (Å²) < 4.78 is 5.70. The predicted molar refractivity (Wildman–Crippen MR) is 81.3 cm³/mol. The number of hydrogen-bond donors (Lipinski definition) is 1. The third kappa shape index (κ3) is 4.32. The molecular weight excluding hydrogens is 234 g/mol. The lowest BCUT2D eigenvalue weighted by Crippen LogP contribution is -1.97. The number of aryl methyl sites for hydroxylation is 1. The molecule has 2 rings (SSSR count). The molecule has 0 unspecified atom stereocenters.